The minimum Gasteiger partial charge on any atom is -0.494 e. The van der Waals surface area contributed by atoms with Gasteiger partial charge in [-0.25, -0.2) is 4.39 Å². The van der Waals surface area contributed by atoms with Crippen LogP contribution in [0.25, 0.3) is 0 Å². The summed E-state index contributed by atoms with van der Waals surface area (Å²) < 4.78 is 23.5. The summed E-state index contributed by atoms with van der Waals surface area (Å²) in [5, 5.41) is 0. The number of rotatable bonds is 10. The first-order valence-electron chi connectivity index (χ1n) is 9.41. The monoisotopic (exact) mass is 387 g/mol. The van der Waals surface area contributed by atoms with E-state index in [0.717, 1.165) is 16.9 Å². The van der Waals surface area contributed by atoms with E-state index in [1.54, 1.807) is 24.0 Å². The molecule has 0 fully saturated rings. The van der Waals surface area contributed by atoms with Gasteiger partial charge in [0.05, 0.1) is 26.1 Å². The molecule has 0 heterocycles. The van der Waals surface area contributed by atoms with Gasteiger partial charge in [0.2, 0.25) is 5.91 Å². The van der Waals surface area contributed by atoms with Crippen molar-refractivity contribution >= 4 is 11.9 Å². The number of hydrogen-bond donors (Lipinski definition) is 0. The van der Waals surface area contributed by atoms with Crippen LogP contribution in [0.15, 0.2) is 48.5 Å². The molecule has 0 N–H and O–H groups in total. The molecule has 28 heavy (non-hydrogen) atoms. The van der Waals surface area contributed by atoms with Gasteiger partial charge in [-0.15, -0.1) is 0 Å². The largest absolute Gasteiger partial charge is 0.494 e. The summed E-state index contributed by atoms with van der Waals surface area (Å²) in [5.74, 6) is -0.0371. The van der Waals surface area contributed by atoms with Crippen LogP contribution >= 0.6 is 0 Å². The van der Waals surface area contributed by atoms with E-state index in [2.05, 4.69) is 0 Å². The van der Waals surface area contributed by atoms with Crippen molar-refractivity contribution in [2.24, 2.45) is 0 Å². The summed E-state index contributed by atoms with van der Waals surface area (Å²) >= 11 is 0. The third-order valence-corrected chi connectivity index (χ3v) is 4.12. The lowest BCUT2D eigenvalue weighted by atomic mass is 10.1. The molecule has 2 aromatic carbocycles. The third kappa shape index (κ3) is 7.02. The quantitative estimate of drug-likeness (QED) is 0.583. The SMILES string of the molecule is CCOC(=O)CCN(Cc1ccc(F)cc1)C(=O)Cc1ccc(OCC)cc1. The van der Waals surface area contributed by atoms with Crippen molar-refractivity contribution in [3.05, 3.63) is 65.5 Å². The highest BCUT2D eigenvalue weighted by molar-refractivity contribution is 5.79. The number of nitrogens with zero attached hydrogens (tertiary/aromatic N) is 1. The molecule has 0 saturated carbocycles. The molecule has 0 unspecified atom stereocenters. The summed E-state index contributed by atoms with van der Waals surface area (Å²) in [5.41, 5.74) is 1.65. The number of hydrogen-bond acceptors (Lipinski definition) is 4. The summed E-state index contributed by atoms with van der Waals surface area (Å²) in [6.45, 7) is 5.08. The molecule has 150 valence electrons. The van der Waals surface area contributed by atoms with E-state index in [4.69, 9.17) is 9.47 Å². The Morgan fingerprint density at radius 1 is 0.929 bits per heavy atom. The number of ether oxygens (including phenoxy) is 2. The number of carbonyl (C=O) groups is 2. The highest BCUT2D eigenvalue weighted by atomic mass is 19.1. The van der Waals surface area contributed by atoms with Gasteiger partial charge in [-0.05, 0) is 49.2 Å². The fourth-order valence-electron chi connectivity index (χ4n) is 2.72. The molecule has 0 aromatic heterocycles. The van der Waals surface area contributed by atoms with Gasteiger partial charge in [-0.3, -0.25) is 9.59 Å². The molecule has 6 heteroatoms. The lowest BCUT2D eigenvalue weighted by Crippen LogP contribution is -2.34. The molecule has 5 nitrogen and oxygen atoms in total. The van der Waals surface area contributed by atoms with E-state index in [-0.39, 0.29) is 37.1 Å². The van der Waals surface area contributed by atoms with Crippen LogP contribution < -0.4 is 4.74 Å². The first-order valence-corrected chi connectivity index (χ1v) is 9.41. The summed E-state index contributed by atoms with van der Waals surface area (Å²) in [7, 11) is 0. The third-order valence-electron chi connectivity index (χ3n) is 4.12. The van der Waals surface area contributed by atoms with Gasteiger partial charge in [0.1, 0.15) is 11.6 Å². The normalized spacial score (nSPS) is 10.4. The van der Waals surface area contributed by atoms with Crippen LogP contribution in [-0.4, -0.2) is 36.5 Å². The molecule has 0 spiro atoms. The highest BCUT2D eigenvalue weighted by Gasteiger charge is 2.17. The Kier molecular flexibility index (Phi) is 8.46. The van der Waals surface area contributed by atoms with Crippen LogP contribution in [0.4, 0.5) is 4.39 Å². The number of carbonyl (C=O) groups excluding carboxylic acids is 2. The molecule has 0 radical (unpaired) electrons. The highest BCUT2D eigenvalue weighted by Crippen LogP contribution is 2.15. The Hall–Kier alpha value is -2.89. The second-order valence-corrected chi connectivity index (χ2v) is 6.25. The van der Waals surface area contributed by atoms with E-state index in [1.807, 2.05) is 31.2 Å². The fraction of sp³-hybridized carbons (Fsp3) is 0.364. The molecule has 0 atom stereocenters. The van der Waals surface area contributed by atoms with Gasteiger partial charge in [-0.1, -0.05) is 24.3 Å². The number of benzene rings is 2. The minimum atomic E-state index is -0.347. The summed E-state index contributed by atoms with van der Waals surface area (Å²) in [6, 6.07) is 13.3. The Morgan fingerprint density at radius 2 is 1.57 bits per heavy atom. The van der Waals surface area contributed by atoms with Gasteiger partial charge >= 0.3 is 5.97 Å². The first-order chi connectivity index (χ1) is 13.5. The van der Waals surface area contributed by atoms with E-state index >= 15 is 0 Å². The van der Waals surface area contributed by atoms with Crippen molar-refractivity contribution in [3.63, 3.8) is 0 Å². The summed E-state index contributed by atoms with van der Waals surface area (Å²) in [4.78, 5) is 26.1. The molecule has 0 saturated heterocycles. The van der Waals surface area contributed by atoms with Crippen LogP contribution in [-0.2, 0) is 27.3 Å². The smallest absolute Gasteiger partial charge is 0.307 e. The second-order valence-electron chi connectivity index (χ2n) is 6.25. The van der Waals surface area contributed by atoms with Crippen LogP contribution in [0.3, 0.4) is 0 Å². The molecule has 0 bridgehead atoms. The van der Waals surface area contributed by atoms with Gasteiger partial charge in [-0.2, -0.15) is 0 Å². The van der Waals surface area contributed by atoms with Crippen molar-refractivity contribution in [3.8, 4) is 5.75 Å². The van der Waals surface area contributed by atoms with Gasteiger partial charge in [0.15, 0.2) is 0 Å². The molecular weight excluding hydrogens is 361 g/mol. The van der Waals surface area contributed by atoms with E-state index in [9.17, 15) is 14.0 Å². The van der Waals surface area contributed by atoms with Crippen LogP contribution in [0.2, 0.25) is 0 Å². The van der Waals surface area contributed by atoms with Gasteiger partial charge in [0, 0.05) is 13.1 Å². The molecule has 2 aromatic rings. The Labute approximate surface area is 165 Å². The van der Waals surface area contributed by atoms with Crippen LogP contribution in [0.1, 0.15) is 31.4 Å². The van der Waals surface area contributed by atoms with Gasteiger partial charge < -0.3 is 14.4 Å². The van der Waals surface area contributed by atoms with Crippen molar-refractivity contribution in [2.75, 3.05) is 19.8 Å². The van der Waals surface area contributed by atoms with Crippen LogP contribution in [0.5, 0.6) is 5.75 Å². The van der Waals surface area contributed by atoms with Gasteiger partial charge in [0.25, 0.3) is 0 Å². The minimum absolute atomic E-state index is 0.113. The number of halogens is 1. The average Bonchev–Trinajstić information content (AvgIpc) is 2.68. The lowest BCUT2D eigenvalue weighted by molar-refractivity contribution is -0.144. The van der Waals surface area contributed by atoms with Crippen molar-refractivity contribution < 1.29 is 23.5 Å². The Balaban J connectivity index is 2.05. The molecular formula is C22H26FNO4. The maximum absolute atomic E-state index is 13.1. The predicted octanol–water partition coefficient (Wildman–Crippen LogP) is 3.75. The predicted molar refractivity (Wildman–Crippen MR) is 104 cm³/mol. The average molecular weight is 387 g/mol. The topological polar surface area (TPSA) is 55.8 Å². The fourth-order valence-corrected chi connectivity index (χ4v) is 2.72. The van der Waals surface area contributed by atoms with Crippen molar-refractivity contribution in [2.45, 2.75) is 33.2 Å². The molecule has 0 aliphatic heterocycles. The number of esters is 1. The number of amides is 1. The van der Waals surface area contributed by atoms with Crippen LogP contribution in [0, 0.1) is 5.82 Å². The molecule has 0 aliphatic rings. The van der Waals surface area contributed by atoms with E-state index < -0.39 is 0 Å². The molecule has 0 aliphatic carbocycles. The van der Waals surface area contributed by atoms with E-state index in [0.29, 0.717) is 19.8 Å². The summed E-state index contributed by atoms with van der Waals surface area (Å²) in [6.07, 6.45) is 0.320. The van der Waals surface area contributed by atoms with Crippen molar-refractivity contribution in [1.29, 1.82) is 0 Å². The molecule has 2 rings (SSSR count). The standard InChI is InChI=1S/C22H26FNO4/c1-3-27-20-11-7-17(8-12-20)15-21(25)24(14-13-22(26)28-4-2)16-18-5-9-19(23)10-6-18/h5-12H,3-4,13-16H2,1-2H3. The van der Waals surface area contributed by atoms with E-state index in [1.165, 1.54) is 12.1 Å². The maximum Gasteiger partial charge on any atom is 0.307 e. The first kappa shape index (κ1) is 21.4. The lowest BCUT2D eigenvalue weighted by Gasteiger charge is -2.23. The molecule has 1 amide bonds. The Bertz CT molecular complexity index is 759. The zero-order valence-electron chi connectivity index (χ0n) is 16.3. The zero-order chi connectivity index (χ0) is 20.4. The second kappa shape index (κ2) is 11.1. The Morgan fingerprint density at radius 3 is 2.18 bits per heavy atom. The zero-order valence-corrected chi connectivity index (χ0v) is 16.3. The maximum atomic E-state index is 13.1. The van der Waals surface area contributed by atoms with Crippen molar-refractivity contribution in [1.82, 2.24) is 4.90 Å².